The minimum atomic E-state index is -3.61. The molecule has 0 fully saturated rings. The number of para-hydroxylation sites is 1. The topological polar surface area (TPSA) is 96.9 Å². The average Bonchev–Trinajstić information content (AvgIpc) is 2.92. The summed E-state index contributed by atoms with van der Waals surface area (Å²) in [6.45, 7) is 2.56. The van der Waals surface area contributed by atoms with Crippen molar-refractivity contribution in [2.45, 2.75) is 24.3 Å². The van der Waals surface area contributed by atoms with Gasteiger partial charge >= 0.3 is 0 Å². The molecule has 0 radical (unpaired) electrons. The Morgan fingerprint density at radius 1 is 1.15 bits per heavy atom. The zero-order valence-corrected chi connectivity index (χ0v) is 15.7. The molecule has 0 spiro atoms. The van der Waals surface area contributed by atoms with Gasteiger partial charge in [0.15, 0.2) is 0 Å². The van der Waals surface area contributed by atoms with E-state index in [-0.39, 0.29) is 16.6 Å². The van der Waals surface area contributed by atoms with Gasteiger partial charge in [-0.25, -0.2) is 8.42 Å². The number of sulfonamides is 1. The predicted molar refractivity (Wildman–Crippen MR) is 102 cm³/mol. The maximum atomic E-state index is 12.2. The lowest BCUT2D eigenvalue weighted by atomic mass is 10.2. The van der Waals surface area contributed by atoms with Gasteiger partial charge in [-0.1, -0.05) is 30.3 Å². The van der Waals surface area contributed by atoms with E-state index < -0.39 is 16.1 Å². The molecule has 7 nitrogen and oxygen atoms in total. The van der Waals surface area contributed by atoms with Crippen molar-refractivity contribution < 1.29 is 17.9 Å². The first kappa shape index (κ1) is 18.9. The van der Waals surface area contributed by atoms with Gasteiger partial charge in [0.05, 0.1) is 11.5 Å². The number of carbonyl (C=O) groups excluding carboxylic acids is 1. The van der Waals surface area contributed by atoms with Crippen LogP contribution in [0.5, 0.6) is 5.75 Å². The molecule has 2 N–H and O–H groups in total. The molecule has 0 aromatic heterocycles. The van der Waals surface area contributed by atoms with E-state index in [1.165, 1.54) is 6.07 Å². The molecule has 0 bridgehead atoms. The quantitative estimate of drug-likeness (QED) is 0.707. The Kier molecular flexibility index (Phi) is 5.75. The van der Waals surface area contributed by atoms with E-state index in [1.54, 1.807) is 25.1 Å². The van der Waals surface area contributed by atoms with Crippen LogP contribution in [-0.2, 0) is 14.8 Å². The Hall–Kier alpha value is -2.87. The fraction of sp³-hybridized carbons (Fsp3) is 0.263. The Balaban J connectivity index is 1.50. The summed E-state index contributed by atoms with van der Waals surface area (Å²) in [6, 6.07) is 15.3. The minimum Gasteiger partial charge on any atom is -0.494 e. The molecule has 2 aromatic rings. The number of amides is 1. The van der Waals surface area contributed by atoms with E-state index in [9.17, 15) is 13.2 Å². The smallest absolute Gasteiger partial charge is 0.263 e. The van der Waals surface area contributed by atoms with Gasteiger partial charge in [0.1, 0.15) is 17.6 Å². The van der Waals surface area contributed by atoms with Crippen molar-refractivity contribution in [3.05, 3.63) is 60.2 Å². The highest BCUT2D eigenvalue weighted by atomic mass is 32.2. The number of aliphatic imine (C=N–C) groups is 1. The lowest BCUT2D eigenvalue weighted by Crippen LogP contribution is -2.34. The maximum absolute atomic E-state index is 12.2. The van der Waals surface area contributed by atoms with Gasteiger partial charge < -0.3 is 10.1 Å². The number of benzene rings is 2. The number of amidine groups is 1. The molecule has 0 saturated heterocycles. The second-order valence-corrected chi connectivity index (χ2v) is 7.71. The lowest BCUT2D eigenvalue weighted by Gasteiger charge is -2.10. The van der Waals surface area contributed by atoms with Crippen LogP contribution in [0.3, 0.4) is 0 Å². The van der Waals surface area contributed by atoms with Crippen LogP contribution >= 0.6 is 0 Å². The molecule has 2 aromatic carbocycles. The molecular formula is C19H21N3O4S. The van der Waals surface area contributed by atoms with E-state index in [0.717, 1.165) is 5.75 Å². The van der Waals surface area contributed by atoms with Gasteiger partial charge in [-0.2, -0.15) is 0 Å². The molecule has 1 amide bonds. The van der Waals surface area contributed by atoms with Crippen molar-refractivity contribution >= 4 is 21.8 Å². The van der Waals surface area contributed by atoms with Gasteiger partial charge in [0.25, 0.3) is 10.0 Å². The van der Waals surface area contributed by atoms with E-state index in [0.29, 0.717) is 25.1 Å². The molecule has 0 saturated carbocycles. The third kappa shape index (κ3) is 4.65. The Bertz CT molecular complexity index is 942. The van der Waals surface area contributed by atoms with Crippen LogP contribution in [0.4, 0.5) is 0 Å². The Morgan fingerprint density at radius 3 is 2.63 bits per heavy atom. The predicted octanol–water partition coefficient (Wildman–Crippen LogP) is 1.70. The molecule has 0 aliphatic carbocycles. The average molecular weight is 387 g/mol. The van der Waals surface area contributed by atoms with Crippen LogP contribution in [0.25, 0.3) is 0 Å². The van der Waals surface area contributed by atoms with Crippen LogP contribution < -0.4 is 14.8 Å². The van der Waals surface area contributed by atoms with Crippen molar-refractivity contribution in [3.8, 4) is 5.75 Å². The standard InChI is InChI=1S/C19H21N3O4S/c1-14(19(23)20-12-7-13-26-15-8-3-2-4-9-15)21-18-16-10-5-6-11-17(16)27(24,25)22-18/h2-6,8-11,14H,7,12-13H2,1H3,(H,20,23)(H,21,22)/t14-/m0/s1. The van der Waals surface area contributed by atoms with Crippen molar-refractivity contribution in [1.82, 2.24) is 10.0 Å². The molecule has 27 heavy (non-hydrogen) atoms. The molecule has 8 heteroatoms. The second-order valence-electron chi connectivity index (χ2n) is 6.06. The van der Waals surface area contributed by atoms with Crippen LogP contribution in [-0.4, -0.2) is 39.4 Å². The molecule has 1 heterocycles. The number of ether oxygens (including phenoxy) is 1. The number of nitrogens with one attached hydrogen (secondary N) is 2. The Morgan fingerprint density at radius 2 is 1.85 bits per heavy atom. The van der Waals surface area contributed by atoms with Gasteiger partial charge in [-0.3, -0.25) is 14.5 Å². The first-order valence-corrected chi connectivity index (χ1v) is 10.1. The number of fused-ring (bicyclic) bond motifs is 1. The fourth-order valence-corrected chi connectivity index (χ4v) is 3.86. The minimum absolute atomic E-state index is 0.175. The summed E-state index contributed by atoms with van der Waals surface area (Å²) < 4.78 is 32.1. The highest BCUT2D eigenvalue weighted by Gasteiger charge is 2.31. The van der Waals surface area contributed by atoms with Gasteiger partial charge in [-0.05, 0) is 37.6 Å². The van der Waals surface area contributed by atoms with E-state index in [2.05, 4.69) is 15.0 Å². The summed E-state index contributed by atoms with van der Waals surface area (Å²) in [5, 5.41) is 2.78. The fourth-order valence-electron chi connectivity index (χ4n) is 2.62. The number of nitrogens with zero attached hydrogens (tertiary/aromatic N) is 1. The molecule has 1 atom stereocenters. The summed E-state index contributed by atoms with van der Waals surface area (Å²) in [4.78, 5) is 16.6. The van der Waals surface area contributed by atoms with E-state index in [1.807, 2.05) is 30.3 Å². The zero-order valence-electron chi connectivity index (χ0n) is 14.9. The summed E-state index contributed by atoms with van der Waals surface area (Å²) in [6.07, 6.45) is 0.652. The summed E-state index contributed by atoms with van der Waals surface area (Å²) in [5.74, 6) is 0.710. The normalized spacial score (nSPS) is 17.0. The number of hydrogen-bond donors (Lipinski definition) is 2. The SMILES string of the molecule is C[C@H](N=C1NS(=O)(=O)c2ccccc21)C(=O)NCCCOc1ccccc1. The highest BCUT2D eigenvalue weighted by Crippen LogP contribution is 2.22. The van der Waals surface area contributed by atoms with E-state index >= 15 is 0 Å². The molecule has 1 aliphatic heterocycles. The van der Waals surface area contributed by atoms with Crippen molar-refractivity contribution in [3.63, 3.8) is 0 Å². The molecule has 3 rings (SSSR count). The lowest BCUT2D eigenvalue weighted by molar-refractivity contribution is -0.121. The third-order valence-electron chi connectivity index (χ3n) is 4.00. The van der Waals surface area contributed by atoms with Crippen molar-refractivity contribution in [2.75, 3.05) is 13.2 Å². The summed E-state index contributed by atoms with van der Waals surface area (Å²) >= 11 is 0. The first-order chi connectivity index (χ1) is 13.0. The molecular weight excluding hydrogens is 366 g/mol. The molecule has 1 aliphatic rings. The summed E-state index contributed by atoms with van der Waals surface area (Å²) in [7, 11) is -3.61. The monoisotopic (exact) mass is 387 g/mol. The second kappa shape index (κ2) is 8.22. The summed E-state index contributed by atoms with van der Waals surface area (Å²) in [5.41, 5.74) is 0.480. The van der Waals surface area contributed by atoms with Crippen molar-refractivity contribution in [1.29, 1.82) is 0 Å². The molecule has 142 valence electrons. The zero-order chi connectivity index (χ0) is 19.3. The first-order valence-electron chi connectivity index (χ1n) is 8.63. The third-order valence-corrected chi connectivity index (χ3v) is 5.39. The maximum Gasteiger partial charge on any atom is 0.263 e. The Labute approximate surface area is 158 Å². The molecule has 0 unspecified atom stereocenters. The highest BCUT2D eigenvalue weighted by molar-refractivity contribution is 7.90. The number of hydrogen-bond acceptors (Lipinski definition) is 5. The van der Waals surface area contributed by atoms with Gasteiger partial charge in [0.2, 0.25) is 5.91 Å². The van der Waals surface area contributed by atoms with Gasteiger partial charge in [0, 0.05) is 12.1 Å². The largest absolute Gasteiger partial charge is 0.494 e. The van der Waals surface area contributed by atoms with Crippen LogP contribution in [0.15, 0.2) is 64.5 Å². The number of rotatable bonds is 7. The van der Waals surface area contributed by atoms with E-state index in [4.69, 9.17) is 4.74 Å². The van der Waals surface area contributed by atoms with Crippen LogP contribution in [0.1, 0.15) is 18.9 Å². The van der Waals surface area contributed by atoms with Gasteiger partial charge in [-0.15, -0.1) is 0 Å². The van der Waals surface area contributed by atoms with Crippen LogP contribution in [0, 0.1) is 0 Å². The number of carbonyl (C=O) groups is 1. The van der Waals surface area contributed by atoms with Crippen molar-refractivity contribution in [2.24, 2.45) is 4.99 Å². The van der Waals surface area contributed by atoms with Crippen LogP contribution in [0.2, 0.25) is 0 Å².